The Balaban J connectivity index is 2.23. The second-order valence-corrected chi connectivity index (χ2v) is 10.1. The van der Waals surface area contributed by atoms with Gasteiger partial charge < -0.3 is 31.9 Å². The van der Waals surface area contributed by atoms with Gasteiger partial charge in [0.15, 0.2) is 0 Å². The summed E-state index contributed by atoms with van der Waals surface area (Å²) in [4.78, 5) is 79.2. The summed E-state index contributed by atoms with van der Waals surface area (Å²) in [5.74, 6) is -3.73. The number of phosphoric acid groups is 1. The number of benzene rings is 1. The van der Waals surface area contributed by atoms with Crippen LogP contribution in [-0.4, -0.2) is 56.9 Å². The van der Waals surface area contributed by atoms with Crippen LogP contribution in [0.1, 0.15) is 51.0 Å². The minimum Gasteiger partial charge on any atom is -0.404 e. The average Bonchev–Trinajstić information content (AvgIpc) is 2.78. The van der Waals surface area contributed by atoms with Crippen LogP contribution in [0.25, 0.3) is 0 Å². The molecule has 0 radical (unpaired) electrons. The molecule has 0 spiro atoms. The van der Waals surface area contributed by atoms with E-state index in [1.807, 2.05) is 0 Å². The number of carbonyl (C=O) groups is 5. The minimum absolute atomic E-state index is 0.00904. The molecule has 1 aromatic rings. The van der Waals surface area contributed by atoms with Crippen molar-refractivity contribution >= 4 is 37.4 Å². The molecule has 0 saturated heterocycles. The lowest BCUT2D eigenvalue weighted by Gasteiger charge is -2.38. The van der Waals surface area contributed by atoms with Crippen molar-refractivity contribution in [3.63, 3.8) is 0 Å². The van der Waals surface area contributed by atoms with Crippen LogP contribution in [0.5, 0.6) is 5.75 Å². The van der Waals surface area contributed by atoms with E-state index in [4.69, 9.17) is 21.3 Å². The van der Waals surface area contributed by atoms with E-state index < -0.39 is 61.4 Å². The van der Waals surface area contributed by atoms with Gasteiger partial charge >= 0.3 is 7.82 Å². The van der Waals surface area contributed by atoms with Gasteiger partial charge in [-0.3, -0.25) is 33.8 Å². The first kappa shape index (κ1) is 29.7. The van der Waals surface area contributed by atoms with E-state index in [0.29, 0.717) is 18.4 Å². The third-order valence-corrected chi connectivity index (χ3v) is 6.29. The van der Waals surface area contributed by atoms with Crippen molar-refractivity contribution < 1.29 is 42.8 Å². The predicted molar refractivity (Wildman–Crippen MR) is 129 cm³/mol. The van der Waals surface area contributed by atoms with Crippen LogP contribution < -0.4 is 31.9 Å². The van der Waals surface area contributed by atoms with Gasteiger partial charge in [-0.15, -0.1) is 0 Å². The summed E-state index contributed by atoms with van der Waals surface area (Å²) in [6.07, 6.45) is 2.05. The van der Waals surface area contributed by atoms with E-state index in [0.717, 1.165) is 6.42 Å². The van der Waals surface area contributed by atoms with Gasteiger partial charge in [0.1, 0.15) is 23.4 Å². The molecule has 0 unspecified atom stereocenters. The van der Waals surface area contributed by atoms with Gasteiger partial charge in [0.05, 0.1) is 6.42 Å². The summed E-state index contributed by atoms with van der Waals surface area (Å²) in [5.41, 5.74) is 9.56. The molecular formula is C22H32N5O9P. The second kappa shape index (κ2) is 12.7. The first-order valence-electron chi connectivity index (χ1n) is 11.5. The number of amides is 5. The molecule has 1 saturated carbocycles. The van der Waals surface area contributed by atoms with Crippen molar-refractivity contribution in [2.75, 3.05) is 0 Å². The maximum Gasteiger partial charge on any atom is 0.524 e. The van der Waals surface area contributed by atoms with Crippen molar-refractivity contribution in [2.24, 2.45) is 11.5 Å². The van der Waals surface area contributed by atoms with E-state index in [-0.39, 0.29) is 25.0 Å². The van der Waals surface area contributed by atoms with E-state index in [1.165, 1.54) is 31.2 Å². The lowest BCUT2D eigenvalue weighted by atomic mass is 9.80. The van der Waals surface area contributed by atoms with E-state index in [2.05, 4.69) is 20.5 Å². The van der Waals surface area contributed by atoms with Gasteiger partial charge in [-0.25, -0.2) is 4.57 Å². The summed E-state index contributed by atoms with van der Waals surface area (Å²) in [5, 5.41) is 7.70. The van der Waals surface area contributed by atoms with Gasteiger partial charge in [-0.05, 0) is 30.5 Å². The normalized spacial score (nSPS) is 16.5. The molecule has 1 aliphatic carbocycles. The third-order valence-electron chi connectivity index (χ3n) is 5.84. The first-order chi connectivity index (χ1) is 17.2. The molecule has 15 heteroatoms. The quantitative estimate of drug-likeness (QED) is 0.158. The van der Waals surface area contributed by atoms with Crippen LogP contribution in [-0.2, 0) is 35.0 Å². The maximum atomic E-state index is 13.3. The van der Waals surface area contributed by atoms with Crippen LogP contribution in [0.2, 0.25) is 0 Å². The molecular weight excluding hydrogens is 509 g/mol. The molecule has 0 bridgehead atoms. The number of carbonyl (C=O) groups excluding carboxylic acids is 5. The lowest BCUT2D eigenvalue weighted by Crippen LogP contribution is -2.65. The Hall–Kier alpha value is -3.48. The Morgan fingerprint density at radius 3 is 2.08 bits per heavy atom. The third kappa shape index (κ3) is 9.48. The van der Waals surface area contributed by atoms with Gasteiger partial charge in [0.25, 0.3) is 0 Å². The molecule has 0 aromatic heterocycles. The van der Waals surface area contributed by atoms with Gasteiger partial charge in [-0.1, -0.05) is 31.4 Å². The largest absolute Gasteiger partial charge is 0.524 e. The smallest absolute Gasteiger partial charge is 0.404 e. The van der Waals surface area contributed by atoms with Crippen LogP contribution >= 0.6 is 7.82 Å². The fourth-order valence-corrected chi connectivity index (χ4v) is 4.52. The zero-order chi connectivity index (χ0) is 27.8. The lowest BCUT2D eigenvalue weighted by molar-refractivity contribution is -0.138. The summed E-state index contributed by atoms with van der Waals surface area (Å²) in [7, 11) is -4.74. The van der Waals surface area contributed by atoms with Crippen LogP contribution in [0.15, 0.2) is 24.3 Å². The summed E-state index contributed by atoms with van der Waals surface area (Å²) < 4.78 is 15.5. The first-order valence-corrected chi connectivity index (χ1v) is 13.1. The van der Waals surface area contributed by atoms with Gasteiger partial charge in [-0.2, -0.15) is 0 Å². The molecule has 0 heterocycles. The molecule has 1 fully saturated rings. The summed E-state index contributed by atoms with van der Waals surface area (Å²) in [6, 6.07) is 3.09. The summed E-state index contributed by atoms with van der Waals surface area (Å²) >= 11 is 0. The van der Waals surface area contributed by atoms with Gasteiger partial charge in [0, 0.05) is 13.3 Å². The molecule has 2 rings (SSSR count). The van der Waals surface area contributed by atoms with Crippen LogP contribution in [0.3, 0.4) is 0 Å². The van der Waals surface area contributed by atoms with E-state index >= 15 is 0 Å². The molecule has 37 heavy (non-hydrogen) atoms. The number of nitrogens with one attached hydrogen (secondary N) is 3. The van der Waals surface area contributed by atoms with Crippen LogP contribution in [0, 0.1) is 0 Å². The summed E-state index contributed by atoms with van der Waals surface area (Å²) in [6.45, 7) is 1.22. The van der Waals surface area contributed by atoms with Crippen molar-refractivity contribution in [3.8, 4) is 5.75 Å². The highest BCUT2D eigenvalue weighted by Gasteiger charge is 2.43. The van der Waals surface area contributed by atoms with Crippen LogP contribution in [0.4, 0.5) is 0 Å². The van der Waals surface area contributed by atoms with Crippen molar-refractivity contribution in [1.82, 2.24) is 16.0 Å². The van der Waals surface area contributed by atoms with Crippen molar-refractivity contribution in [1.29, 1.82) is 0 Å². The number of phosphoric ester groups is 1. The number of nitrogens with two attached hydrogens (primary N) is 2. The molecule has 14 nitrogen and oxygen atoms in total. The molecule has 0 aliphatic heterocycles. The fraction of sp³-hybridized carbons (Fsp3) is 0.500. The zero-order valence-electron chi connectivity index (χ0n) is 20.3. The van der Waals surface area contributed by atoms with E-state index in [1.54, 1.807) is 0 Å². The highest BCUT2D eigenvalue weighted by atomic mass is 31.2. The zero-order valence-corrected chi connectivity index (χ0v) is 21.2. The molecule has 9 N–H and O–H groups in total. The molecule has 5 amide bonds. The molecule has 1 aliphatic rings. The van der Waals surface area contributed by atoms with E-state index in [9.17, 15) is 28.5 Å². The Morgan fingerprint density at radius 1 is 1.00 bits per heavy atom. The molecule has 1 aromatic carbocycles. The number of primary amides is 2. The number of rotatable bonds is 12. The van der Waals surface area contributed by atoms with Crippen molar-refractivity contribution in [2.45, 2.75) is 69.5 Å². The monoisotopic (exact) mass is 541 g/mol. The topological polar surface area (TPSA) is 240 Å². The average molecular weight is 541 g/mol. The Labute approximate surface area is 213 Å². The van der Waals surface area contributed by atoms with Crippen molar-refractivity contribution in [3.05, 3.63) is 29.8 Å². The second-order valence-electron chi connectivity index (χ2n) is 8.91. The SMILES string of the molecule is CC(=O)N[C@@H](Cc1ccc(OP(=O)(O)O)cc1)C(=O)NC1(C(=O)N[C@@H](CC(N)=O)C(N)=O)CCCCC1. The highest BCUT2D eigenvalue weighted by molar-refractivity contribution is 7.46. The maximum absolute atomic E-state index is 13.3. The Kier molecular flexibility index (Phi) is 10.2. The van der Waals surface area contributed by atoms with Gasteiger partial charge in [0.2, 0.25) is 29.5 Å². The standard InChI is InChI=1S/C22H32N5O9P/c1-13(28)25-17(11-14-5-7-15(8-6-14)36-37(33,34)35)20(31)27-22(9-3-2-4-10-22)21(32)26-16(19(24)30)12-18(23)29/h5-8,16-17H,2-4,9-12H2,1H3,(H2,23,29)(H2,24,30)(H,25,28)(H,26,32)(H,27,31)(H2,33,34,35)/t16-,17-/m0/s1. The highest BCUT2D eigenvalue weighted by Crippen LogP contribution is 2.37. The predicted octanol–water partition coefficient (Wildman–Crippen LogP) is -1.13. The number of hydrogen-bond acceptors (Lipinski definition) is 7. The Bertz CT molecular complexity index is 1070. The molecule has 204 valence electrons. The Morgan fingerprint density at radius 2 is 1.59 bits per heavy atom. The fourth-order valence-electron chi connectivity index (χ4n) is 4.12. The molecule has 2 atom stereocenters. The number of hydrogen-bond donors (Lipinski definition) is 7. The minimum atomic E-state index is -4.74.